The minimum Gasteiger partial charge on any atom is -0.472 e. The number of rotatable bonds is 2. The molecule has 11 heavy (non-hydrogen) atoms. The van der Waals surface area contributed by atoms with Gasteiger partial charge in [0.25, 0.3) is 0 Å². The Hall–Kier alpha value is -0.800. The van der Waals surface area contributed by atoms with Crippen molar-refractivity contribution in [2.24, 2.45) is 5.73 Å². The molecule has 60 valence electrons. The van der Waals surface area contributed by atoms with Crippen LogP contribution in [0.5, 0.6) is 0 Å². The number of nitrogens with zero attached hydrogens (tertiary/aromatic N) is 1. The molecule has 3 nitrogen and oxygen atoms in total. The van der Waals surface area contributed by atoms with E-state index in [4.69, 9.17) is 10.2 Å². The Kier molecular flexibility index (Phi) is 1.68. The van der Waals surface area contributed by atoms with Crippen molar-refractivity contribution in [2.75, 3.05) is 13.1 Å². The van der Waals surface area contributed by atoms with Crippen LogP contribution >= 0.6 is 0 Å². The Bertz CT molecular complexity index is 214. The van der Waals surface area contributed by atoms with Gasteiger partial charge in [-0.25, -0.2) is 0 Å². The molecule has 2 N–H and O–H groups in total. The Morgan fingerprint density at radius 3 is 3.00 bits per heavy atom. The minimum absolute atomic E-state index is 0.391. The fraction of sp³-hybridized carbons (Fsp3) is 0.500. The van der Waals surface area contributed by atoms with E-state index in [-0.39, 0.29) is 0 Å². The van der Waals surface area contributed by atoms with Crippen LogP contribution in [0.2, 0.25) is 0 Å². The lowest BCUT2D eigenvalue weighted by Gasteiger charge is -2.36. The summed E-state index contributed by atoms with van der Waals surface area (Å²) in [7, 11) is 0. The van der Waals surface area contributed by atoms with E-state index >= 15 is 0 Å². The zero-order valence-corrected chi connectivity index (χ0v) is 6.36. The Labute approximate surface area is 65.8 Å². The Balaban J connectivity index is 1.84. The SMILES string of the molecule is NC1CN(Cc2ccoc2)C1. The summed E-state index contributed by atoms with van der Waals surface area (Å²) >= 11 is 0. The van der Waals surface area contributed by atoms with Crippen molar-refractivity contribution >= 4 is 0 Å². The highest BCUT2D eigenvalue weighted by Gasteiger charge is 2.22. The van der Waals surface area contributed by atoms with Crippen molar-refractivity contribution in [3.63, 3.8) is 0 Å². The maximum Gasteiger partial charge on any atom is 0.0947 e. The Morgan fingerprint density at radius 2 is 2.45 bits per heavy atom. The van der Waals surface area contributed by atoms with Crippen LogP contribution in [-0.4, -0.2) is 24.0 Å². The molecule has 1 saturated heterocycles. The first-order valence-electron chi connectivity index (χ1n) is 3.83. The van der Waals surface area contributed by atoms with E-state index in [1.54, 1.807) is 12.5 Å². The molecule has 0 amide bonds. The van der Waals surface area contributed by atoms with Gasteiger partial charge in [-0.05, 0) is 6.07 Å². The van der Waals surface area contributed by atoms with E-state index in [0.29, 0.717) is 6.04 Å². The summed E-state index contributed by atoms with van der Waals surface area (Å²) in [5, 5.41) is 0. The second-order valence-corrected chi connectivity index (χ2v) is 3.09. The normalized spacial score (nSPS) is 20.1. The van der Waals surface area contributed by atoms with Gasteiger partial charge in [0.1, 0.15) is 0 Å². The van der Waals surface area contributed by atoms with Gasteiger partial charge in [0, 0.05) is 31.2 Å². The van der Waals surface area contributed by atoms with Crippen LogP contribution in [0.25, 0.3) is 0 Å². The van der Waals surface area contributed by atoms with Crippen molar-refractivity contribution in [1.82, 2.24) is 4.90 Å². The van der Waals surface area contributed by atoms with Crippen molar-refractivity contribution in [2.45, 2.75) is 12.6 Å². The molecule has 1 fully saturated rings. The molecule has 0 unspecified atom stereocenters. The zero-order valence-electron chi connectivity index (χ0n) is 6.36. The van der Waals surface area contributed by atoms with Gasteiger partial charge >= 0.3 is 0 Å². The van der Waals surface area contributed by atoms with Crippen molar-refractivity contribution in [3.8, 4) is 0 Å². The zero-order chi connectivity index (χ0) is 7.68. The Morgan fingerprint density at radius 1 is 1.64 bits per heavy atom. The molecule has 1 aromatic rings. The fourth-order valence-electron chi connectivity index (χ4n) is 1.38. The molecule has 0 atom stereocenters. The highest BCUT2D eigenvalue weighted by molar-refractivity contribution is 5.06. The maximum atomic E-state index is 5.63. The minimum atomic E-state index is 0.391. The fourth-order valence-corrected chi connectivity index (χ4v) is 1.38. The lowest BCUT2D eigenvalue weighted by molar-refractivity contribution is 0.142. The molecule has 0 radical (unpaired) electrons. The summed E-state index contributed by atoms with van der Waals surface area (Å²) in [5.41, 5.74) is 6.87. The molecule has 1 aliphatic rings. The molecular formula is C8H12N2O. The summed E-state index contributed by atoms with van der Waals surface area (Å²) < 4.78 is 4.95. The van der Waals surface area contributed by atoms with Crippen LogP contribution in [0.1, 0.15) is 5.56 Å². The maximum absolute atomic E-state index is 5.63. The average molecular weight is 152 g/mol. The van der Waals surface area contributed by atoms with Crippen molar-refractivity contribution in [3.05, 3.63) is 24.2 Å². The molecule has 1 aromatic heterocycles. The van der Waals surface area contributed by atoms with Crippen molar-refractivity contribution in [1.29, 1.82) is 0 Å². The van der Waals surface area contributed by atoms with Gasteiger partial charge in [-0.1, -0.05) is 0 Å². The first-order chi connectivity index (χ1) is 5.34. The van der Waals surface area contributed by atoms with Gasteiger partial charge in [0.15, 0.2) is 0 Å². The van der Waals surface area contributed by atoms with E-state index in [2.05, 4.69) is 4.90 Å². The summed E-state index contributed by atoms with van der Waals surface area (Å²) in [6, 6.07) is 2.38. The van der Waals surface area contributed by atoms with Crippen LogP contribution in [0.3, 0.4) is 0 Å². The molecule has 2 rings (SSSR count). The average Bonchev–Trinajstić information content (AvgIpc) is 2.36. The van der Waals surface area contributed by atoms with E-state index in [1.165, 1.54) is 5.56 Å². The molecule has 0 spiro atoms. The van der Waals surface area contributed by atoms with Crippen LogP contribution in [0.4, 0.5) is 0 Å². The van der Waals surface area contributed by atoms with Gasteiger partial charge in [0.05, 0.1) is 12.5 Å². The molecule has 0 saturated carbocycles. The van der Waals surface area contributed by atoms with Crippen LogP contribution in [0.15, 0.2) is 23.0 Å². The first kappa shape index (κ1) is 6.88. The second kappa shape index (κ2) is 2.68. The van der Waals surface area contributed by atoms with E-state index in [9.17, 15) is 0 Å². The topological polar surface area (TPSA) is 42.4 Å². The summed E-state index contributed by atoms with van der Waals surface area (Å²) in [4.78, 5) is 2.30. The summed E-state index contributed by atoms with van der Waals surface area (Å²) in [6.07, 6.45) is 3.49. The molecule has 3 heteroatoms. The number of furan rings is 1. The van der Waals surface area contributed by atoms with E-state index < -0.39 is 0 Å². The van der Waals surface area contributed by atoms with Crippen LogP contribution in [-0.2, 0) is 6.54 Å². The lowest BCUT2D eigenvalue weighted by atomic mass is 10.1. The van der Waals surface area contributed by atoms with Gasteiger partial charge in [-0.15, -0.1) is 0 Å². The van der Waals surface area contributed by atoms with Gasteiger partial charge in [0.2, 0.25) is 0 Å². The molecule has 0 aliphatic carbocycles. The standard InChI is InChI=1S/C8H12N2O/c9-8-4-10(5-8)3-7-1-2-11-6-7/h1-2,6,8H,3-5,9H2. The predicted octanol–water partition coefficient (Wildman–Crippen LogP) is 0.422. The molecule has 0 aromatic carbocycles. The lowest BCUT2D eigenvalue weighted by Crippen LogP contribution is -2.54. The first-order valence-corrected chi connectivity index (χ1v) is 3.83. The van der Waals surface area contributed by atoms with Gasteiger partial charge in [-0.3, -0.25) is 4.90 Å². The highest BCUT2D eigenvalue weighted by atomic mass is 16.3. The number of hydrogen-bond donors (Lipinski definition) is 1. The van der Waals surface area contributed by atoms with E-state index in [1.807, 2.05) is 6.07 Å². The third kappa shape index (κ3) is 1.44. The molecule has 2 heterocycles. The number of nitrogens with two attached hydrogens (primary N) is 1. The van der Waals surface area contributed by atoms with Crippen molar-refractivity contribution < 1.29 is 4.42 Å². The largest absolute Gasteiger partial charge is 0.472 e. The molecular weight excluding hydrogens is 140 g/mol. The highest BCUT2D eigenvalue weighted by Crippen LogP contribution is 2.11. The van der Waals surface area contributed by atoms with Crippen LogP contribution in [0, 0.1) is 0 Å². The number of hydrogen-bond acceptors (Lipinski definition) is 3. The third-order valence-corrected chi connectivity index (χ3v) is 1.97. The number of likely N-dealkylation sites (tertiary alicyclic amines) is 1. The quantitative estimate of drug-likeness (QED) is 0.668. The van der Waals surface area contributed by atoms with Crippen LogP contribution < -0.4 is 5.73 Å². The summed E-state index contributed by atoms with van der Waals surface area (Å²) in [5.74, 6) is 0. The predicted molar refractivity (Wildman–Crippen MR) is 42.0 cm³/mol. The van der Waals surface area contributed by atoms with Gasteiger partial charge < -0.3 is 10.2 Å². The third-order valence-electron chi connectivity index (χ3n) is 1.97. The smallest absolute Gasteiger partial charge is 0.0947 e. The van der Waals surface area contributed by atoms with Gasteiger partial charge in [-0.2, -0.15) is 0 Å². The molecule has 1 aliphatic heterocycles. The molecule has 0 bridgehead atoms. The van der Waals surface area contributed by atoms with E-state index in [0.717, 1.165) is 19.6 Å². The second-order valence-electron chi connectivity index (χ2n) is 3.09. The monoisotopic (exact) mass is 152 g/mol. The summed E-state index contributed by atoms with van der Waals surface area (Å²) in [6.45, 7) is 3.01.